The summed E-state index contributed by atoms with van der Waals surface area (Å²) in [6.07, 6.45) is 15.2. The first-order valence-electron chi connectivity index (χ1n) is 8.23. The van der Waals surface area contributed by atoms with Crippen molar-refractivity contribution in [1.82, 2.24) is 0 Å². The molecule has 0 saturated carbocycles. The number of carbonyl (C=O) groups is 1. The Hall–Kier alpha value is -0.370. The van der Waals surface area contributed by atoms with E-state index in [0.29, 0.717) is 6.42 Å². The third-order valence-electron chi connectivity index (χ3n) is 3.78. The van der Waals surface area contributed by atoms with Crippen LogP contribution in [0.15, 0.2) is 0 Å². The van der Waals surface area contributed by atoms with Gasteiger partial charge >= 0.3 is 0 Å². The first kappa shape index (κ1) is 18.6. The van der Waals surface area contributed by atoms with E-state index in [1.807, 2.05) is 0 Å². The molecule has 19 heavy (non-hydrogen) atoms. The van der Waals surface area contributed by atoms with E-state index in [-0.39, 0.29) is 11.9 Å². The molecule has 0 heterocycles. The fourth-order valence-electron chi connectivity index (χ4n) is 2.43. The molecule has 0 saturated heterocycles. The van der Waals surface area contributed by atoms with Gasteiger partial charge in [-0.05, 0) is 19.8 Å². The van der Waals surface area contributed by atoms with Crippen LogP contribution in [0, 0.1) is 0 Å². The number of carbonyl (C=O) groups excluding carboxylic acids is 1. The second-order valence-electron chi connectivity index (χ2n) is 5.72. The standard InChI is InChI=1S/C17H34O2/c1-4-5-6-7-8-9-10-11-12-13-17(19-3)15-14-16(2)18/h17H,4-15H2,1-3H3. The summed E-state index contributed by atoms with van der Waals surface area (Å²) < 4.78 is 5.42. The SMILES string of the molecule is CCCCCCCCCCCC(CCC(C)=O)OC. The summed E-state index contributed by atoms with van der Waals surface area (Å²) in [4.78, 5) is 10.9. The van der Waals surface area contributed by atoms with Crippen molar-refractivity contribution < 1.29 is 9.53 Å². The molecule has 0 N–H and O–H groups in total. The maximum absolute atomic E-state index is 10.9. The molecule has 0 bridgehead atoms. The van der Waals surface area contributed by atoms with E-state index in [1.54, 1.807) is 14.0 Å². The Kier molecular flexibility index (Phi) is 13.8. The Morgan fingerprint density at radius 3 is 1.89 bits per heavy atom. The van der Waals surface area contributed by atoms with Crippen LogP contribution in [0.5, 0.6) is 0 Å². The lowest BCUT2D eigenvalue weighted by molar-refractivity contribution is -0.117. The summed E-state index contributed by atoms with van der Waals surface area (Å²) in [6.45, 7) is 3.92. The number of hydrogen-bond donors (Lipinski definition) is 0. The van der Waals surface area contributed by atoms with Gasteiger partial charge in [-0.1, -0.05) is 64.7 Å². The van der Waals surface area contributed by atoms with E-state index in [1.165, 1.54) is 57.8 Å². The number of Topliss-reactive ketones (excluding diaryl/α,β-unsaturated/α-hetero) is 1. The minimum absolute atomic E-state index is 0.272. The zero-order valence-corrected chi connectivity index (χ0v) is 13.4. The van der Waals surface area contributed by atoms with Gasteiger partial charge in [0.15, 0.2) is 0 Å². The molecule has 0 aromatic rings. The molecule has 0 aliphatic rings. The molecule has 0 aliphatic heterocycles. The van der Waals surface area contributed by atoms with Crippen LogP contribution >= 0.6 is 0 Å². The molecule has 0 spiro atoms. The van der Waals surface area contributed by atoms with Crippen LogP contribution in [0.4, 0.5) is 0 Å². The molecule has 0 aliphatic carbocycles. The van der Waals surface area contributed by atoms with Gasteiger partial charge in [-0.2, -0.15) is 0 Å². The van der Waals surface area contributed by atoms with Crippen molar-refractivity contribution in [3.8, 4) is 0 Å². The zero-order chi connectivity index (χ0) is 14.3. The molecular formula is C17H34O2. The second kappa shape index (κ2) is 14.0. The quantitative estimate of drug-likeness (QED) is 0.401. The number of ether oxygens (including phenoxy) is 1. The summed E-state index contributed by atoms with van der Waals surface area (Å²) >= 11 is 0. The molecule has 0 rings (SSSR count). The topological polar surface area (TPSA) is 26.3 Å². The van der Waals surface area contributed by atoms with Crippen molar-refractivity contribution in [3.63, 3.8) is 0 Å². The summed E-state index contributed by atoms with van der Waals surface area (Å²) in [5.41, 5.74) is 0. The third-order valence-corrected chi connectivity index (χ3v) is 3.78. The van der Waals surface area contributed by atoms with Gasteiger partial charge in [-0.25, -0.2) is 0 Å². The van der Waals surface area contributed by atoms with Crippen LogP contribution < -0.4 is 0 Å². The van der Waals surface area contributed by atoms with Crippen LogP contribution in [0.2, 0.25) is 0 Å². The van der Waals surface area contributed by atoms with Crippen LogP contribution in [0.3, 0.4) is 0 Å². The van der Waals surface area contributed by atoms with Gasteiger partial charge in [0.2, 0.25) is 0 Å². The predicted octanol–water partition coefficient (Wildman–Crippen LogP) is 5.29. The Labute approximate surface area is 120 Å². The first-order chi connectivity index (χ1) is 9.20. The third kappa shape index (κ3) is 13.9. The van der Waals surface area contributed by atoms with Crippen LogP contribution in [-0.4, -0.2) is 19.0 Å². The van der Waals surface area contributed by atoms with E-state index < -0.39 is 0 Å². The Morgan fingerprint density at radius 1 is 0.895 bits per heavy atom. The van der Waals surface area contributed by atoms with Gasteiger partial charge in [0.1, 0.15) is 5.78 Å². The smallest absolute Gasteiger partial charge is 0.129 e. The van der Waals surface area contributed by atoms with Gasteiger partial charge in [0, 0.05) is 13.5 Å². The van der Waals surface area contributed by atoms with Gasteiger partial charge in [0.25, 0.3) is 0 Å². The number of ketones is 1. The molecule has 0 aromatic carbocycles. The van der Waals surface area contributed by atoms with Gasteiger partial charge in [-0.15, -0.1) is 0 Å². The summed E-state index contributed by atoms with van der Waals surface area (Å²) in [5, 5.41) is 0. The minimum atomic E-state index is 0.272. The number of rotatable bonds is 14. The monoisotopic (exact) mass is 270 g/mol. The molecule has 0 radical (unpaired) electrons. The molecular weight excluding hydrogens is 236 g/mol. The Morgan fingerprint density at radius 2 is 1.42 bits per heavy atom. The average molecular weight is 270 g/mol. The van der Waals surface area contributed by atoms with Crippen molar-refractivity contribution >= 4 is 5.78 Å². The molecule has 114 valence electrons. The molecule has 2 nitrogen and oxygen atoms in total. The van der Waals surface area contributed by atoms with Crippen molar-refractivity contribution in [1.29, 1.82) is 0 Å². The molecule has 1 unspecified atom stereocenters. The zero-order valence-electron chi connectivity index (χ0n) is 13.4. The lowest BCUT2D eigenvalue weighted by Crippen LogP contribution is -2.11. The second-order valence-corrected chi connectivity index (χ2v) is 5.72. The summed E-state index contributed by atoms with van der Waals surface area (Å²) in [5.74, 6) is 0.272. The normalized spacial score (nSPS) is 12.6. The lowest BCUT2D eigenvalue weighted by Gasteiger charge is -2.14. The highest BCUT2D eigenvalue weighted by molar-refractivity contribution is 5.75. The maximum Gasteiger partial charge on any atom is 0.129 e. The molecule has 2 heteroatoms. The van der Waals surface area contributed by atoms with E-state index >= 15 is 0 Å². The van der Waals surface area contributed by atoms with Crippen molar-refractivity contribution in [3.05, 3.63) is 0 Å². The minimum Gasteiger partial charge on any atom is -0.381 e. The average Bonchev–Trinajstić information content (AvgIpc) is 2.40. The first-order valence-corrected chi connectivity index (χ1v) is 8.23. The van der Waals surface area contributed by atoms with E-state index in [0.717, 1.165) is 12.8 Å². The Balaban J connectivity index is 3.28. The van der Waals surface area contributed by atoms with Crippen molar-refractivity contribution in [2.45, 2.75) is 97.0 Å². The van der Waals surface area contributed by atoms with Gasteiger partial charge in [0.05, 0.1) is 6.10 Å². The van der Waals surface area contributed by atoms with E-state index in [2.05, 4.69) is 6.92 Å². The molecule has 0 aromatic heterocycles. The molecule has 0 amide bonds. The number of unbranched alkanes of at least 4 members (excludes halogenated alkanes) is 8. The van der Waals surface area contributed by atoms with Crippen molar-refractivity contribution in [2.24, 2.45) is 0 Å². The van der Waals surface area contributed by atoms with Gasteiger partial charge < -0.3 is 9.53 Å². The van der Waals surface area contributed by atoms with Gasteiger partial charge in [-0.3, -0.25) is 0 Å². The maximum atomic E-state index is 10.9. The van der Waals surface area contributed by atoms with Crippen LogP contribution in [-0.2, 0) is 9.53 Å². The van der Waals surface area contributed by atoms with Crippen molar-refractivity contribution in [2.75, 3.05) is 7.11 Å². The predicted molar refractivity (Wildman–Crippen MR) is 82.6 cm³/mol. The summed E-state index contributed by atoms with van der Waals surface area (Å²) in [6, 6.07) is 0. The number of methoxy groups -OCH3 is 1. The Bertz CT molecular complexity index is 201. The van der Waals surface area contributed by atoms with Crippen LogP contribution in [0.25, 0.3) is 0 Å². The van der Waals surface area contributed by atoms with E-state index in [9.17, 15) is 4.79 Å². The van der Waals surface area contributed by atoms with E-state index in [4.69, 9.17) is 4.74 Å². The fraction of sp³-hybridized carbons (Fsp3) is 0.941. The largest absolute Gasteiger partial charge is 0.381 e. The molecule has 0 fully saturated rings. The number of hydrogen-bond acceptors (Lipinski definition) is 2. The highest BCUT2D eigenvalue weighted by atomic mass is 16.5. The molecule has 1 atom stereocenters. The fourth-order valence-corrected chi connectivity index (χ4v) is 2.43. The highest BCUT2D eigenvalue weighted by Gasteiger charge is 2.08. The summed E-state index contributed by atoms with van der Waals surface area (Å²) in [7, 11) is 1.76. The highest BCUT2D eigenvalue weighted by Crippen LogP contribution is 2.14. The van der Waals surface area contributed by atoms with Crippen LogP contribution in [0.1, 0.15) is 90.9 Å². The lowest BCUT2D eigenvalue weighted by atomic mass is 10.0.